The van der Waals surface area contributed by atoms with Crippen LogP contribution in [0.2, 0.25) is 0 Å². The molecule has 1 aromatic rings. The Hall–Kier alpha value is -2.02. The maximum absolute atomic E-state index is 12.1. The number of ether oxygens (including phenoxy) is 1. The van der Waals surface area contributed by atoms with Gasteiger partial charge in [-0.3, -0.25) is 9.59 Å². The van der Waals surface area contributed by atoms with Gasteiger partial charge in [0, 0.05) is 11.3 Å². The zero-order valence-corrected chi connectivity index (χ0v) is 12.6. The summed E-state index contributed by atoms with van der Waals surface area (Å²) in [6, 6.07) is 5.78. The lowest BCUT2D eigenvalue weighted by Gasteiger charge is -2.15. The largest absolute Gasteiger partial charge is 0.480 e. The Morgan fingerprint density at radius 3 is 2.57 bits per heavy atom. The number of thioether (sulfide) groups is 1. The van der Waals surface area contributed by atoms with Gasteiger partial charge in [-0.1, -0.05) is 12.1 Å². The number of hydrogen-bond donors (Lipinski definition) is 2. The first-order valence-corrected chi connectivity index (χ1v) is 7.45. The van der Waals surface area contributed by atoms with Crippen molar-refractivity contribution >= 4 is 29.6 Å². The van der Waals surface area contributed by atoms with E-state index in [2.05, 4.69) is 10.1 Å². The summed E-state index contributed by atoms with van der Waals surface area (Å²) in [5.41, 5.74) is 0.411. The summed E-state index contributed by atoms with van der Waals surface area (Å²) in [6.45, 7) is 0. The topological polar surface area (TPSA) is 92.7 Å². The first-order chi connectivity index (χ1) is 9.99. The minimum absolute atomic E-state index is 0.0187. The number of carbonyl (C=O) groups is 3. The fourth-order valence-electron chi connectivity index (χ4n) is 1.69. The van der Waals surface area contributed by atoms with Gasteiger partial charge in [0.05, 0.1) is 12.7 Å². The molecule has 6 nitrogen and oxygen atoms in total. The predicted molar refractivity (Wildman–Crippen MR) is 78.4 cm³/mol. The molecule has 0 heterocycles. The van der Waals surface area contributed by atoms with Crippen molar-refractivity contribution in [1.29, 1.82) is 0 Å². The van der Waals surface area contributed by atoms with Crippen LogP contribution in [0.25, 0.3) is 0 Å². The summed E-state index contributed by atoms with van der Waals surface area (Å²) in [6.07, 6.45) is 1.74. The van der Waals surface area contributed by atoms with E-state index in [-0.39, 0.29) is 12.8 Å². The van der Waals surface area contributed by atoms with Crippen molar-refractivity contribution in [1.82, 2.24) is 5.32 Å². The monoisotopic (exact) mass is 311 g/mol. The van der Waals surface area contributed by atoms with Crippen LogP contribution in [0.5, 0.6) is 0 Å². The molecule has 0 aliphatic carbocycles. The number of benzene rings is 1. The molecule has 1 aromatic carbocycles. The Morgan fingerprint density at radius 2 is 2.00 bits per heavy atom. The molecule has 0 saturated heterocycles. The molecule has 0 unspecified atom stereocenters. The number of methoxy groups -OCH3 is 1. The lowest BCUT2D eigenvalue weighted by molar-refractivity contribution is -0.142. The molecule has 0 spiro atoms. The standard InChI is InChI=1S/C14H17NO5S/c1-20-12(16)8-7-10(14(18)19)15-13(17)9-5-3-4-6-11(9)21-2/h3-6,10H,7-8H2,1-2H3,(H,15,17)(H,18,19)/t10-/m1/s1. The summed E-state index contributed by atoms with van der Waals surface area (Å²) in [5.74, 6) is -2.17. The van der Waals surface area contributed by atoms with Gasteiger partial charge < -0.3 is 15.2 Å². The SMILES string of the molecule is COC(=O)CC[C@@H](NC(=O)c1ccccc1SC)C(=O)O. The smallest absolute Gasteiger partial charge is 0.326 e. The average molecular weight is 311 g/mol. The van der Waals surface area contributed by atoms with Gasteiger partial charge in [-0.2, -0.15) is 0 Å². The number of carboxylic acids is 1. The van der Waals surface area contributed by atoms with Gasteiger partial charge in [-0.25, -0.2) is 4.79 Å². The molecular weight excluding hydrogens is 294 g/mol. The third kappa shape index (κ3) is 5.11. The van der Waals surface area contributed by atoms with Gasteiger partial charge in [-0.15, -0.1) is 11.8 Å². The Bertz CT molecular complexity index is 532. The highest BCUT2D eigenvalue weighted by atomic mass is 32.2. The van der Waals surface area contributed by atoms with Crippen LogP contribution in [0.15, 0.2) is 29.2 Å². The molecule has 1 amide bonds. The summed E-state index contributed by atoms with van der Waals surface area (Å²) >= 11 is 1.40. The summed E-state index contributed by atoms with van der Waals surface area (Å²) in [4.78, 5) is 35.1. The van der Waals surface area contributed by atoms with E-state index >= 15 is 0 Å². The number of aliphatic carboxylic acids is 1. The maximum Gasteiger partial charge on any atom is 0.326 e. The average Bonchev–Trinajstić information content (AvgIpc) is 2.50. The van der Waals surface area contributed by atoms with Crippen LogP contribution in [0, 0.1) is 0 Å². The van der Waals surface area contributed by atoms with Crippen LogP contribution in [-0.4, -0.2) is 42.4 Å². The summed E-state index contributed by atoms with van der Waals surface area (Å²) in [7, 11) is 1.23. The highest BCUT2D eigenvalue weighted by molar-refractivity contribution is 7.98. The zero-order valence-electron chi connectivity index (χ0n) is 11.8. The molecule has 0 bridgehead atoms. The molecule has 114 valence electrons. The zero-order chi connectivity index (χ0) is 15.8. The van der Waals surface area contributed by atoms with E-state index in [1.165, 1.54) is 18.9 Å². The number of esters is 1. The number of amides is 1. The van der Waals surface area contributed by atoms with Gasteiger partial charge in [0.25, 0.3) is 5.91 Å². The second kappa shape index (κ2) is 8.31. The van der Waals surface area contributed by atoms with Gasteiger partial charge in [-0.05, 0) is 24.8 Å². The van der Waals surface area contributed by atoms with Gasteiger partial charge in [0.1, 0.15) is 6.04 Å². The van der Waals surface area contributed by atoms with Crippen molar-refractivity contribution in [3.8, 4) is 0 Å². The van der Waals surface area contributed by atoms with Crippen LogP contribution in [-0.2, 0) is 14.3 Å². The Labute approximate surface area is 126 Å². The number of carbonyl (C=O) groups excluding carboxylic acids is 2. The third-order valence-corrected chi connectivity index (χ3v) is 3.62. The van der Waals surface area contributed by atoms with E-state index in [0.717, 1.165) is 4.90 Å². The fourth-order valence-corrected chi connectivity index (χ4v) is 2.29. The number of nitrogens with one attached hydrogen (secondary N) is 1. The molecule has 21 heavy (non-hydrogen) atoms. The van der Waals surface area contributed by atoms with Gasteiger partial charge in [0.2, 0.25) is 0 Å². The van der Waals surface area contributed by atoms with E-state index in [0.29, 0.717) is 5.56 Å². The van der Waals surface area contributed by atoms with Crippen LogP contribution < -0.4 is 5.32 Å². The van der Waals surface area contributed by atoms with E-state index in [1.54, 1.807) is 24.3 Å². The van der Waals surface area contributed by atoms with Crippen LogP contribution in [0.3, 0.4) is 0 Å². The number of rotatable bonds is 7. The molecule has 0 aliphatic rings. The van der Waals surface area contributed by atoms with Crippen molar-refractivity contribution in [3.63, 3.8) is 0 Å². The van der Waals surface area contributed by atoms with Gasteiger partial charge in [0.15, 0.2) is 0 Å². The Balaban J connectivity index is 2.76. The van der Waals surface area contributed by atoms with E-state index < -0.39 is 23.9 Å². The molecule has 0 aliphatic heterocycles. The van der Waals surface area contributed by atoms with Crippen molar-refractivity contribution in [2.75, 3.05) is 13.4 Å². The third-order valence-electron chi connectivity index (χ3n) is 2.82. The first kappa shape index (κ1) is 17.0. The van der Waals surface area contributed by atoms with E-state index in [1.807, 2.05) is 6.26 Å². The molecule has 2 N–H and O–H groups in total. The maximum atomic E-state index is 12.1. The van der Waals surface area contributed by atoms with E-state index in [4.69, 9.17) is 5.11 Å². The first-order valence-electron chi connectivity index (χ1n) is 6.23. The Morgan fingerprint density at radius 1 is 1.33 bits per heavy atom. The van der Waals surface area contributed by atoms with Crippen molar-refractivity contribution in [3.05, 3.63) is 29.8 Å². The lowest BCUT2D eigenvalue weighted by atomic mass is 10.1. The molecule has 1 rings (SSSR count). The van der Waals surface area contributed by atoms with Crippen molar-refractivity contribution in [2.45, 2.75) is 23.8 Å². The van der Waals surface area contributed by atoms with Crippen molar-refractivity contribution < 1.29 is 24.2 Å². The highest BCUT2D eigenvalue weighted by Gasteiger charge is 2.22. The number of hydrogen-bond acceptors (Lipinski definition) is 5. The quantitative estimate of drug-likeness (QED) is 0.586. The fraction of sp³-hybridized carbons (Fsp3) is 0.357. The normalized spacial score (nSPS) is 11.5. The second-order valence-corrected chi connectivity index (χ2v) is 5.03. The second-order valence-electron chi connectivity index (χ2n) is 4.18. The van der Waals surface area contributed by atoms with Crippen LogP contribution >= 0.6 is 11.8 Å². The minimum Gasteiger partial charge on any atom is -0.480 e. The molecule has 0 saturated carbocycles. The molecule has 7 heteroatoms. The molecule has 0 fully saturated rings. The summed E-state index contributed by atoms with van der Waals surface area (Å²) in [5, 5.41) is 11.5. The van der Waals surface area contributed by atoms with E-state index in [9.17, 15) is 14.4 Å². The van der Waals surface area contributed by atoms with Crippen LogP contribution in [0.4, 0.5) is 0 Å². The van der Waals surface area contributed by atoms with Crippen molar-refractivity contribution in [2.24, 2.45) is 0 Å². The molecular formula is C14H17NO5S. The Kier molecular flexibility index (Phi) is 6.74. The van der Waals surface area contributed by atoms with Crippen LogP contribution in [0.1, 0.15) is 23.2 Å². The lowest BCUT2D eigenvalue weighted by Crippen LogP contribution is -2.41. The molecule has 0 radical (unpaired) electrons. The highest BCUT2D eigenvalue weighted by Crippen LogP contribution is 2.19. The molecule has 0 aromatic heterocycles. The molecule has 1 atom stereocenters. The predicted octanol–water partition coefficient (Wildman–Crippen LogP) is 1.54. The minimum atomic E-state index is -1.19. The number of carboxylic acid groups (broad SMARTS) is 1. The summed E-state index contributed by atoms with van der Waals surface area (Å²) < 4.78 is 4.46. The van der Waals surface area contributed by atoms with Gasteiger partial charge >= 0.3 is 11.9 Å².